The van der Waals surface area contributed by atoms with Gasteiger partial charge in [-0.3, -0.25) is 0 Å². The van der Waals surface area contributed by atoms with Crippen molar-refractivity contribution in [3.63, 3.8) is 0 Å². The molecule has 0 aromatic heterocycles. The smallest absolute Gasteiger partial charge is 0.0703 e. The number of likely N-dealkylation sites (tertiary alicyclic amines) is 1. The highest BCUT2D eigenvalue weighted by molar-refractivity contribution is 5.07. The highest BCUT2D eigenvalue weighted by Crippen LogP contribution is 2.42. The molecule has 1 aliphatic heterocycles. The van der Waals surface area contributed by atoms with E-state index in [1.165, 1.54) is 25.9 Å². The summed E-state index contributed by atoms with van der Waals surface area (Å²) in [5.41, 5.74) is 0.501. The Labute approximate surface area is 101 Å². The summed E-state index contributed by atoms with van der Waals surface area (Å²) in [6.07, 6.45) is 4.79. The molecule has 0 N–H and O–H groups in total. The summed E-state index contributed by atoms with van der Waals surface area (Å²) in [5.74, 6) is 0. The second kappa shape index (κ2) is 5.19. The molecule has 0 bridgehead atoms. The van der Waals surface area contributed by atoms with Crippen LogP contribution in [0.5, 0.6) is 0 Å². The fourth-order valence-corrected chi connectivity index (χ4v) is 2.70. The van der Waals surface area contributed by atoms with E-state index >= 15 is 0 Å². The summed E-state index contributed by atoms with van der Waals surface area (Å²) in [4.78, 5) is 2.49. The van der Waals surface area contributed by atoms with E-state index < -0.39 is 0 Å². The second-order valence-corrected chi connectivity index (χ2v) is 5.87. The van der Waals surface area contributed by atoms with Gasteiger partial charge in [-0.15, -0.1) is 0 Å². The third-order valence-electron chi connectivity index (χ3n) is 3.83. The monoisotopic (exact) mass is 222 g/mol. The minimum Gasteiger partial charge on any atom is -0.301 e. The van der Waals surface area contributed by atoms with E-state index in [-0.39, 0.29) is 5.41 Å². The van der Waals surface area contributed by atoms with E-state index in [0.29, 0.717) is 5.41 Å². The van der Waals surface area contributed by atoms with Crippen LogP contribution in [0.2, 0.25) is 0 Å². The maximum atomic E-state index is 9.15. The van der Waals surface area contributed by atoms with Crippen molar-refractivity contribution in [3.05, 3.63) is 0 Å². The molecule has 0 spiro atoms. The Bertz CT molecular complexity index is 258. The fourth-order valence-electron chi connectivity index (χ4n) is 2.70. The summed E-state index contributed by atoms with van der Waals surface area (Å²) >= 11 is 0. The quantitative estimate of drug-likeness (QED) is 0.715. The van der Waals surface area contributed by atoms with E-state index in [9.17, 15) is 0 Å². The molecule has 2 rings (SSSR count). The van der Waals surface area contributed by atoms with Gasteiger partial charge in [0.25, 0.3) is 0 Å². The Kier molecular flexibility index (Phi) is 4.38. The van der Waals surface area contributed by atoms with Gasteiger partial charge < -0.3 is 4.90 Å². The molecule has 0 aromatic carbocycles. The molecule has 0 aromatic rings. The van der Waals surface area contributed by atoms with Crippen LogP contribution in [0.25, 0.3) is 0 Å². The van der Waals surface area contributed by atoms with Gasteiger partial charge in [0.15, 0.2) is 0 Å². The van der Waals surface area contributed by atoms with E-state index in [4.69, 9.17) is 5.26 Å². The lowest BCUT2D eigenvalue weighted by Gasteiger charge is -2.38. The first kappa shape index (κ1) is 13.5. The lowest BCUT2D eigenvalue weighted by Crippen LogP contribution is -2.40. The van der Waals surface area contributed by atoms with E-state index in [2.05, 4.69) is 24.8 Å². The standard InChI is InChI=1S/C12H20N2.C2H6/c1-11(2)6-7-14(9-11)10-12(8-13)4-3-5-12;1-2/h3-7,9-10H2,1-2H3;1-2H3. The number of hydrogen-bond acceptors (Lipinski definition) is 2. The number of nitriles is 1. The van der Waals surface area contributed by atoms with Crippen molar-refractivity contribution in [2.45, 2.75) is 53.4 Å². The molecule has 0 radical (unpaired) electrons. The lowest BCUT2D eigenvalue weighted by atomic mass is 9.69. The highest BCUT2D eigenvalue weighted by Gasteiger charge is 2.41. The Morgan fingerprint density at radius 2 is 1.81 bits per heavy atom. The third-order valence-corrected chi connectivity index (χ3v) is 3.83. The lowest BCUT2D eigenvalue weighted by molar-refractivity contribution is 0.130. The molecule has 2 heteroatoms. The molecule has 0 atom stereocenters. The molecule has 1 saturated carbocycles. The summed E-state index contributed by atoms with van der Waals surface area (Å²) < 4.78 is 0. The minimum absolute atomic E-state index is 0.0282. The van der Waals surface area contributed by atoms with Gasteiger partial charge in [-0.25, -0.2) is 0 Å². The molecular formula is C14H26N2. The van der Waals surface area contributed by atoms with Crippen molar-refractivity contribution in [3.8, 4) is 6.07 Å². The number of nitrogens with zero attached hydrogens (tertiary/aromatic N) is 2. The summed E-state index contributed by atoms with van der Waals surface area (Å²) in [6.45, 7) is 12.0. The maximum absolute atomic E-state index is 9.15. The molecular weight excluding hydrogens is 196 g/mol. The van der Waals surface area contributed by atoms with Crippen LogP contribution < -0.4 is 0 Å². The zero-order valence-corrected chi connectivity index (χ0v) is 11.3. The molecule has 1 aliphatic carbocycles. The van der Waals surface area contributed by atoms with Gasteiger partial charge in [0.05, 0.1) is 11.5 Å². The van der Waals surface area contributed by atoms with Crippen LogP contribution in [0.3, 0.4) is 0 Å². The SMILES string of the molecule is CC.CC1(C)CCN(CC2(C#N)CCC2)C1. The first-order chi connectivity index (χ1) is 7.55. The molecule has 0 amide bonds. The van der Waals surface area contributed by atoms with Gasteiger partial charge in [-0.05, 0) is 31.2 Å². The van der Waals surface area contributed by atoms with Gasteiger partial charge in [0.1, 0.15) is 0 Å². The van der Waals surface area contributed by atoms with Gasteiger partial charge in [0.2, 0.25) is 0 Å². The molecule has 0 unspecified atom stereocenters. The van der Waals surface area contributed by atoms with Crippen molar-refractivity contribution >= 4 is 0 Å². The molecule has 2 aliphatic rings. The largest absolute Gasteiger partial charge is 0.301 e. The van der Waals surface area contributed by atoms with Crippen molar-refractivity contribution < 1.29 is 0 Å². The van der Waals surface area contributed by atoms with Gasteiger partial charge in [0, 0.05) is 13.1 Å². The van der Waals surface area contributed by atoms with E-state index in [1.54, 1.807) is 0 Å². The minimum atomic E-state index is 0.0282. The average molecular weight is 222 g/mol. The zero-order valence-electron chi connectivity index (χ0n) is 11.3. The van der Waals surface area contributed by atoms with Crippen LogP contribution in [-0.4, -0.2) is 24.5 Å². The molecule has 92 valence electrons. The van der Waals surface area contributed by atoms with Gasteiger partial charge >= 0.3 is 0 Å². The zero-order chi connectivity index (χ0) is 12.2. The number of hydrogen-bond donors (Lipinski definition) is 0. The molecule has 1 heterocycles. The molecule has 1 saturated heterocycles. The summed E-state index contributed by atoms with van der Waals surface area (Å²) in [7, 11) is 0. The van der Waals surface area contributed by atoms with Crippen LogP contribution in [0, 0.1) is 22.2 Å². The van der Waals surface area contributed by atoms with Crippen LogP contribution in [-0.2, 0) is 0 Å². The Balaban J connectivity index is 0.000000606. The van der Waals surface area contributed by atoms with Gasteiger partial charge in [-0.2, -0.15) is 5.26 Å². The number of rotatable bonds is 2. The van der Waals surface area contributed by atoms with Gasteiger partial charge in [-0.1, -0.05) is 34.1 Å². The van der Waals surface area contributed by atoms with E-state index in [0.717, 1.165) is 19.4 Å². The van der Waals surface area contributed by atoms with E-state index in [1.807, 2.05) is 13.8 Å². The average Bonchev–Trinajstić information content (AvgIpc) is 2.55. The predicted molar refractivity (Wildman–Crippen MR) is 68.1 cm³/mol. The first-order valence-corrected chi connectivity index (χ1v) is 6.69. The Hall–Kier alpha value is -0.550. The molecule has 2 nitrogen and oxygen atoms in total. The topological polar surface area (TPSA) is 27.0 Å². The summed E-state index contributed by atoms with van der Waals surface area (Å²) in [6, 6.07) is 2.53. The van der Waals surface area contributed by atoms with Crippen molar-refractivity contribution in [2.24, 2.45) is 10.8 Å². The maximum Gasteiger partial charge on any atom is 0.0703 e. The van der Waals surface area contributed by atoms with Crippen molar-refractivity contribution in [2.75, 3.05) is 19.6 Å². The van der Waals surface area contributed by atoms with Crippen LogP contribution in [0.15, 0.2) is 0 Å². The van der Waals surface area contributed by atoms with Crippen molar-refractivity contribution in [1.29, 1.82) is 5.26 Å². The normalized spacial score (nSPS) is 26.2. The van der Waals surface area contributed by atoms with Crippen LogP contribution in [0.1, 0.15) is 53.4 Å². The Morgan fingerprint density at radius 1 is 1.19 bits per heavy atom. The molecule has 16 heavy (non-hydrogen) atoms. The predicted octanol–water partition coefficient (Wildman–Crippen LogP) is 3.44. The second-order valence-electron chi connectivity index (χ2n) is 5.87. The molecule has 2 fully saturated rings. The van der Waals surface area contributed by atoms with Crippen LogP contribution >= 0.6 is 0 Å². The third kappa shape index (κ3) is 2.98. The Morgan fingerprint density at radius 3 is 2.12 bits per heavy atom. The summed E-state index contributed by atoms with van der Waals surface area (Å²) in [5, 5.41) is 9.15. The van der Waals surface area contributed by atoms with Crippen molar-refractivity contribution in [1.82, 2.24) is 4.90 Å². The van der Waals surface area contributed by atoms with Crippen LogP contribution in [0.4, 0.5) is 0 Å². The fraction of sp³-hybridized carbons (Fsp3) is 0.929. The highest BCUT2D eigenvalue weighted by atomic mass is 15.2. The first-order valence-electron chi connectivity index (χ1n) is 6.69.